The van der Waals surface area contributed by atoms with Crippen molar-refractivity contribution in [3.05, 3.63) is 22.7 Å². The Morgan fingerprint density at radius 3 is 1.92 bits per heavy atom. The van der Waals surface area contributed by atoms with Crippen molar-refractivity contribution in [2.75, 3.05) is 11.9 Å². The molecule has 1 rings (SSSR count). The van der Waals surface area contributed by atoms with Gasteiger partial charge in [0.05, 0.1) is 10.7 Å². The highest BCUT2D eigenvalue weighted by atomic mass is 35.5. The molecule has 24 heavy (non-hydrogen) atoms. The number of rotatable bonds is 5. The fraction of sp³-hybridized carbons (Fsp3) is 0.500. The van der Waals surface area contributed by atoms with Crippen molar-refractivity contribution in [3.8, 4) is 5.75 Å². The molecule has 0 bridgehead atoms. The van der Waals surface area contributed by atoms with Crippen molar-refractivity contribution >= 4 is 17.3 Å². The molecule has 0 spiro atoms. The number of hydrogen-bond acceptors (Lipinski definition) is 2. The predicted molar refractivity (Wildman–Crippen MR) is 67.1 cm³/mol. The van der Waals surface area contributed by atoms with Crippen LogP contribution in [0.25, 0.3) is 0 Å². The second-order valence-electron chi connectivity index (χ2n) is 4.39. The Balaban J connectivity index is 3.66. The molecular weight excluding hydrogens is 381 g/mol. The normalized spacial score (nSPS) is 13.3. The molecule has 2 nitrogen and oxygen atoms in total. The molecule has 0 unspecified atom stereocenters. The van der Waals surface area contributed by atoms with Crippen LogP contribution in [0, 0.1) is 0 Å². The molecule has 12 heteroatoms. The van der Waals surface area contributed by atoms with Crippen LogP contribution in [-0.2, 0) is 5.67 Å². The molecular formula is C12H9ClF9NO. The minimum atomic E-state index is -6.41. The number of benzene rings is 1. The van der Waals surface area contributed by atoms with E-state index in [1.165, 1.54) is 6.92 Å². The van der Waals surface area contributed by atoms with Gasteiger partial charge in [-0.25, -0.2) is 4.39 Å². The Bertz CT molecular complexity index is 571. The van der Waals surface area contributed by atoms with Gasteiger partial charge in [-0.05, 0) is 19.1 Å². The highest BCUT2D eigenvalue weighted by Gasteiger charge is 2.73. The smallest absolute Gasteiger partial charge is 0.433 e. The maximum atomic E-state index is 14.0. The molecule has 0 aromatic heterocycles. The predicted octanol–water partition coefficient (Wildman–Crippen LogP) is 5.66. The lowest BCUT2D eigenvalue weighted by Gasteiger charge is -2.31. The minimum absolute atomic E-state index is 0.0258. The van der Waals surface area contributed by atoms with Crippen molar-refractivity contribution in [1.29, 1.82) is 0 Å². The average molecular weight is 390 g/mol. The van der Waals surface area contributed by atoms with Crippen LogP contribution in [0.4, 0.5) is 45.2 Å². The topological polar surface area (TPSA) is 21.3 Å². The summed E-state index contributed by atoms with van der Waals surface area (Å²) in [5.41, 5.74) is -8.33. The maximum absolute atomic E-state index is 14.0. The van der Waals surface area contributed by atoms with Gasteiger partial charge in [0.25, 0.3) is 0 Å². The maximum Gasteiger partial charge on any atom is 0.435 e. The van der Waals surface area contributed by atoms with Gasteiger partial charge in [0, 0.05) is 12.1 Å². The molecule has 0 heterocycles. The third-order valence-electron chi connectivity index (χ3n) is 2.80. The third-order valence-corrected chi connectivity index (χ3v) is 3.10. The quantitative estimate of drug-likeness (QED) is 0.656. The summed E-state index contributed by atoms with van der Waals surface area (Å²) in [6.45, 7) is -2.11. The molecule has 0 atom stereocenters. The molecule has 138 valence electrons. The van der Waals surface area contributed by atoms with Gasteiger partial charge in [-0.15, -0.1) is 0 Å². The average Bonchev–Trinajstić information content (AvgIpc) is 2.38. The van der Waals surface area contributed by atoms with Gasteiger partial charge >= 0.3 is 24.6 Å². The second-order valence-corrected chi connectivity index (χ2v) is 4.80. The first-order chi connectivity index (χ1) is 10.8. The summed E-state index contributed by atoms with van der Waals surface area (Å²) in [7, 11) is 0. The number of hydrogen-bond donors (Lipinski definition) is 1. The number of alkyl halides is 9. The SMILES string of the molecule is CCNc1c(Cl)cc(C(F)(C(F)(F)F)C(F)(F)F)cc1OC(F)F. The lowest BCUT2D eigenvalue weighted by Crippen LogP contribution is -2.50. The molecule has 1 N–H and O–H groups in total. The highest BCUT2D eigenvalue weighted by molar-refractivity contribution is 6.33. The summed E-state index contributed by atoms with van der Waals surface area (Å²) in [6.07, 6.45) is -12.8. The Morgan fingerprint density at radius 1 is 1.04 bits per heavy atom. The number of halogens is 10. The first-order valence-corrected chi connectivity index (χ1v) is 6.48. The van der Waals surface area contributed by atoms with Crippen LogP contribution in [0.5, 0.6) is 5.75 Å². The third kappa shape index (κ3) is 3.76. The van der Waals surface area contributed by atoms with E-state index in [-0.39, 0.29) is 18.7 Å². The van der Waals surface area contributed by atoms with E-state index in [0.717, 1.165) is 0 Å². The van der Waals surface area contributed by atoms with Crippen molar-refractivity contribution < 1.29 is 44.3 Å². The van der Waals surface area contributed by atoms with Crippen LogP contribution in [-0.4, -0.2) is 25.5 Å². The van der Waals surface area contributed by atoms with Gasteiger partial charge in [-0.3, -0.25) is 0 Å². The molecule has 0 radical (unpaired) electrons. The molecule has 0 fully saturated rings. The van der Waals surface area contributed by atoms with E-state index in [2.05, 4.69) is 10.1 Å². The van der Waals surface area contributed by atoms with Gasteiger partial charge < -0.3 is 10.1 Å². The van der Waals surface area contributed by atoms with Crippen molar-refractivity contribution in [2.45, 2.75) is 31.6 Å². The van der Waals surface area contributed by atoms with Crippen LogP contribution >= 0.6 is 11.6 Å². The van der Waals surface area contributed by atoms with Crippen LogP contribution in [0.15, 0.2) is 12.1 Å². The Morgan fingerprint density at radius 2 is 1.54 bits per heavy atom. The molecule has 0 saturated heterocycles. The molecule has 1 aromatic carbocycles. The van der Waals surface area contributed by atoms with Crippen LogP contribution in [0.3, 0.4) is 0 Å². The van der Waals surface area contributed by atoms with E-state index in [0.29, 0.717) is 0 Å². The zero-order valence-corrected chi connectivity index (χ0v) is 12.4. The summed E-state index contributed by atoms with van der Waals surface area (Å²) in [5.74, 6) is -1.15. The fourth-order valence-corrected chi connectivity index (χ4v) is 2.08. The van der Waals surface area contributed by atoms with E-state index in [9.17, 15) is 39.5 Å². The summed E-state index contributed by atoms with van der Waals surface area (Å²) in [6, 6.07) is -0.0597. The molecule has 0 aliphatic rings. The standard InChI is InChI=1S/C12H9ClF9NO/c1-2-23-8-6(13)3-5(4-7(8)24-9(14)15)10(16,11(17,18)19)12(20,21)22/h3-4,9,23H,2H2,1H3. The van der Waals surface area contributed by atoms with Gasteiger partial charge in [-0.2, -0.15) is 35.1 Å². The summed E-state index contributed by atoms with van der Waals surface area (Å²) >= 11 is 5.51. The highest BCUT2D eigenvalue weighted by Crippen LogP contribution is 2.55. The molecule has 0 aliphatic heterocycles. The summed E-state index contributed by atoms with van der Waals surface area (Å²) in [4.78, 5) is 0. The van der Waals surface area contributed by atoms with Gasteiger partial charge in [0.1, 0.15) is 0 Å². The summed E-state index contributed by atoms with van der Waals surface area (Å²) in [5, 5.41) is 1.48. The Hall–Kier alpha value is -1.52. The number of anilines is 1. The second kappa shape index (κ2) is 6.77. The van der Waals surface area contributed by atoms with Gasteiger partial charge in [0.15, 0.2) is 5.75 Å². The zero-order valence-electron chi connectivity index (χ0n) is 11.6. The van der Waals surface area contributed by atoms with Crippen LogP contribution in [0.2, 0.25) is 5.02 Å². The van der Waals surface area contributed by atoms with Crippen molar-refractivity contribution in [2.24, 2.45) is 0 Å². The monoisotopic (exact) mass is 389 g/mol. The lowest BCUT2D eigenvalue weighted by molar-refractivity contribution is -0.348. The largest absolute Gasteiger partial charge is 0.435 e. The van der Waals surface area contributed by atoms with E-state index < -0.39 is 46.7 Å². The fourth-order valence-electron chi connectivity index (χ4n) is 1.81. The van der Waals surface area contributed by atoms with E-state index in [1.54, 1.807) is 0 Å². The molecule has 0 amide bonds. The molecule has 0 aliphatic carbocycles. The van der Waals surface area contributed by atoms with Crippen molar-refractivity contribution in [1.82, 2.24) is 0 Å². The molecule has 1 aromatic rings. The van der Waals surface area contributed by atoms with E-state index in [4.69, 9.17) is 11.6 Å². The number of ether oxygens (including phenoxy) is 1. The molecule has 0 saturated carbocycles. The van der Waals surface area contributed by atoms with Gasteiger partial charge in [-0.1, -0.05) is 11.6 Å². The zero-order chi connectivity index (χ0) is 18.9. The van der Waals surface area contributed by atoms with Crippen LogP contribution in [0.1, 0.15) is 12.5 Å². The van der Waals surface area contributed by atoms with Gasteiger partial charge in [0.2, 0.25) is 0 Å². The Kier molecular flexibility index (Phi) is 5.79. The minimum Gasteiger partial charge on any atom is -0.433 e. The first-order valence-electron chi connectivity index (χ1n) is 6.10. The lowest BCUT2D eigenvalue weighted by atomic mass is 9.93. The van der Waals surface area contributed by atoms with E-state index in [1.807, 2.05) is 0 Å². The number of nitrogens with one attached hydrogen (secondary N) is 1. The van der Waals surface area contributed by atoms with E-state index >= 15 is 0 Å². The van der Waals surface area contributed by atoms with Crippen LogP contribution < -0.4 is 10.1 Å². The Labute approximate surface area is 134 Å². The van der Waals surface area contributed by atoms with Crippen molar-refractivity contribution in [3.63, 3.8) is 0 Å². The summed E-state index contributed by atoms with van der Waals surface area (Å²) < 4.78 is 119. The first kappa shape index (κ1) is 20.5.